The van der Waals surface area contributed by atoms with Crippen LogP contribution >= 0.6 is 11.6 Å². The van der Waals surface area contributed by atoms with Crippen molar-refractivity contribution in [3.05, 3.63) is 69.0 Å². The molecule has 3 aromatic rings. The summed E-state index contributed by atoms with van der Waals surface area (Å²) in [6, 6.07) is 11.7. The number of aromatic hydroxyl groups is 1. The SMILES string of the molecule is Cc1ccc(Cl)cc1-n1c(O)c(C=NC2CCS(=O)(=O)C2)c2ccccc2c1=O. The number of pyridine rings is 1. The maximum Gasteiger partial charge on any atom is 0.265 e. The highest BCUT2D eigenvalue weighted by atomic mass is 35.5. The highest BCUT2D eigenvalue weighted by Crippen LogP contribution is 2.29. The molecule has 0 saturated carbocycles. The Bertz CT molecular complexity index is 1310. The molecule has 0 amide bonds. The maximum absolute atomic E-state index is 13.1. The van der Waals surface area contributed by atoms with Crippen LogP contribution in [0.25, 0.3) is 16.5 Å². The van der Waals surface area contributed by atoms with Crippen molar-refractivity contribution < 1.29 is 13.5 Å². The Labute approximate surface area is 173 Å². The first-order valence-corrected chi connectivity index (χ1v) is 11.3. The number of halogens is 1. The molecule has 1 fully saturated rings. The van der Waals surface area contributed by atoms with Crippen LogP contribution in [-0.2, 0) is 9.84 Å². The van der Waals surface area contributed by atoms with Crippen LogP contribution in [0.3, 0.4) is 0 Å². The predicted octanol–water partition coefficient (Wildman–Crippen LogP) is 3.26. The van der Waals surface area contributed by atoms with Gasteiger partial charge in [0, 0.05) is 22.0 Å². The molecule has 4 rings (SSSR count). The first kappa shape index (κ1) is 19.7. The molecule has 8 heteroatoms. The second-order valence-electron chi connectivity index (χ2n) is 7.19. The van der Waals surface area contributed by atoms with Gasteiger partial charge in [-0.15, -0.1) is 0 Å². The average Bonchev–Trinajstić information content (AvgIpc) is 3.03. The summed E-state index contributed by atoms with van der Waals surface area (Å²) in [4.78, 5) is 17.5. The molecule has 1 unspecified atom stereocenters. The van der Waals surface area contributed by atoms with E-state index in [9.17, 15) is 18.3 Å². The monoisotopic (exact) mass is 430 g/mol. The third-order valence-electron chi connectivity index (χ3n) is 5.14. The molecular formula is C21H19ClN2O4S. The van der Waals surface area contributed by atoms with Gasteiger partial charge in [0.15, 0.2) is 9.84 Å². The van der Waals surface area contributed by atoms with Gasteiger partial charge in [-0.3, -0.25) is 9.79 Å². The fourth-order valence-corrected chi connectivity index (χ4v) is 5.41. The third kappa shape index (κ3) is 3.68. The molecular weight excluding hydrogens is 412 g/mol. The number of sulfone groups is 1. The minimum Gasteiger partial charge on any atom is -0.494 e. The van der Waals surface area contributed by atoms with Gasteiger partial charge in [0.05, 0.1) is 28.8 Å². The van der Waals surface area contributed by atoms with Gasteiger partial charge in [0.1, 0.15) is 0 Å². The summed E-state index contributed by atoms with van der Waals surface area (Å²) in [5, 5.41) is 12.4. The minimum atomic E-state index is -3.07. The van der Waals surface area contributed by atoms with E-state index in [1.165, 1.54) is 10.8 Å². The summed E-state index contributed by atoms with van der Waals surface area (Å²) in [6.07, 6.45) is 1.92. The molecule has 6 nitrogen and oxygen atoms in total. The number of nitrogens with zero attached hydrogens (tertiary/aromatic N) is 2. The largest absolute Gasteiger partial charge is 0.494 e. The second-order valence-corrected chi connectivity index (χ2v) is 9.85. The van der Waals surface area contributed by atoms with Crippen molar-refractivity contribution in [2.75, 3.05) is 11.5 Å². The van der Waals surface area contributed by atoms with Crippen LogP contribution in [0.5, 0.6) is 5.88 Å². The molecule has 1 atom stereocenters. The summed E-state index contributed by atoms with van der Waals surface area (Å²) in [7, 11) is -3.07. The Morgan fingerprint density at radius 3 is 2.62 bits per heavy atom. The fraction of sp³-hybridized carbons (Fsp3) is 0.238. The Kier molecular flexibility index (Phi) is 4.96. The van der Waals surface area contributed by atoms with Crippen molar-refractivity contribution in [1.82, 2.24) is 4.57 Å². The molecule has 1 aliphatic heterocycles. The van der Waals surface area contributed by atoms with Gasteiger partial charge >= 0.3 is 0 Å². The van der Waals surface area contributed by atoms with Crippen molar-refractivity contribution in [2.24, 2.45) is 4.99 Å². The van der Waals surface area contributed by atoms with E-state index in [1.807, 2.05) is 6.92 Å². The zero-order valence-corrected chi connectivity index (χ0v) is 17.2. The lowest BCUT2D eigenvalue weighted by atomic mass is 10.1. The van der Waals surface area contributed by atoms with Crippen molar-refractivity contribution in [2.45, 2.75) is 19.4 Å². The lowest BCUT2D eigenvalue weighted by Crippen LogP contribution is -2.21. The van der Waals surface area contributed by atoms with Crippen LogP contribution in [0.1, 0.15) is 17.5 Å². The number of fused-ring (bicyclic) bond motifs is 1. The van der Waals surface area contributed by atoms with Gasteiger partial charge < -0.3 is 5.11 Å². The topological polar surface area (TPSA) is 88.7 Å². The number of aryl methyl sites for hydroxylation is 1. The molecule has 0 bridgehead atoms. The number of aliphatic imine (C=N–C) groups is 1. The Hall–Kier alpha value is -2.64. The normalized spacial score (nSPS) is 18.6. The van der Waals surface area contributed by atoms with Gasteiger partial charge in [-0.2, -0.15) is 0 Å². The lowest BCUT2D eigenvalue weighted by molar-refractivity contribution is 0.436. The van der Waals surface area contributed by atoms with E-state index in [2.05, 4.69) is 4.99 Å². The van der Waals surface area contributed by atoms with Gasteiger partial charge in [-0.05, 0) is 37.1 Å². The first-order valence-electron chi connectivity index (χ1n) is 9.14. The van der Waals surface area contributed by atoms with E-state index < -0.39 is 9.84 Å². The van der Waals surface area contributed by atoms with Gasteiger partial charge in [0.2, 0.25) is 5.88 Å². The summed E-state index contributed by atoms with van der Waals surface area (Å²) >= 11 is 6.12. The minimum absolute atomic E-state index is 0.00473. The van der Waals surface area contributed by atoms with E-state index in [0.717, 1.165) is 5.56 Å². The molecule has 0 spiro atoms. The van der Waals surface area contributed by atoms with E-state index in [-0.39, 0.29) is 29.0 Å². The number of benzene rings is 2. The molecule has 150 valence electrons. The first-order chi connectivity index (χ1) is 13.8. The highest BCUT2D eigenvalue weighted by molar-refractivity contribution is 7.91. The molecule has 1 N–H and O–H groups in total. The van der Waals surface area contributed by atoms with E-state index in [0.29, 0.717) is 33.5 Å². The Morgan fingerprint density at radius 1 is 1.21 bits per heavy atom. The van der Waals surface area contributed by atoms with Crippen LogP contribution < -0.4 is 5.56 Å². The Balaban J connectivity index is 1.95. The fourth-order valence-electron chi connectivity index (χ4n) is 3.61. The van der Waals surface area contributed by atoms with Crippen molar-refractivity contribution in [3.8, 4) is 11.6 Å². The molecule has 1 aliphatic rings. The number of rotatable bonds is 3. The summed E-state index contributed by atoms with van der Waals surface area (Å²) in [6.45, 7) is 1.82. The molecule has 2 aromatic carbocycles. The number of hydrogen-bond acceptors (Lipinski definition) is 5. The van der Waals surface area contributed by atoms with Gasteiger partial charge in [0.25, 0.3) is 5.56 Å². The number of aromatic nitrogens is 1. The van der Waals surface area contributed by atoms with Crippen molar-refractivity contribution in [3.63, 3.8) is 0 Å². The lowest BCUT2D eigenvalue weighted by Gasteiger charge is -2.16. The van der Waals surface area contributed by atoms with Crippen LogP contribution in [-0.4, -0.2) is 41.9 Å². The second kappa shape index (κ2) is 7.31. The maximum atomic E-state index is 13.1. The highest BCUT2D eigenvalue weighted by Gasteiger charge is 2.27. The van der Waals surface area contributed by atoms with Crippen LogP contribution in [0, 0.1) is 6.92 Å². The number of hydrogen-bond donors (Lipinski definition) is 1. The molecule has 1 aromatic heterocycles. The van der Waals surface area contributed by atoms with E-state index >= 15 is 0 Å². The smallest absolute Gasteiger partial charge is 0.265 e. The van der Waals surface area contributed by atoms with Crippen molar-refractivity contribution >= 4 is 38.4 Å². The standard InChI is InChI=1S/C21H19ClN2O4S/c1-13-6-7-14(22)10-19(13)24-20(25)17-5-3-2-4-16(17)18(21(24)26)11-23-15-8-9-29(27,28)12-15/h2-7,10-11,15,26H,8-9,12H2,1H3. The molecule has 2 heterocycles. The summed E-state index contributed by atoms with van der Waals surface area (Å²) in [5.41, 5.74) is 1.24. The van der Waals surface area contributed by atoms with Crippen LogP contribution in [0.15, 0.2) is 52.3 Å². The van der Waals surface area contributed by atoms with Crippen LogP contribution in [0.4, 0.5) is 0 Å². The molecule has 0 aliphatic carbocycles. The zero-order valence-electron chi connectivity index (χ0n) is 15.7. The summed E-state index contributed by atoms with van der Waals surface area (Å²) < 4.78 is 24.6. The quantitative estimate of drug-likeness (QED) is 0.646. The molecule has 1 saturated heterocycles. The van der Waals surface area contributed by atoms with Gasteiger partial charge in [-0.25, -0.2) is 13.0 Å². The predicted molar refractivity (Wildman–Crippen MR) is 116 cm³/mol. The molecule has 29 heavy (non-hydrogen) atoms. The third-order valence-corrected chi connectivity index (χ3v) is 7.12. The molecule has 0 radical (unpaired) electrons. The van der Waals surface area contributed by atoms with Crippen LogP contribution in [0.2, 0.25) is 5.02 Å². The zero-order chi connectivity index (χ0) is 20.8. The van der Waals surface area contributed by atoms with E-state index in [1.54, 1.807) is 42.5 Å². The van der Waals surface area contributed by atoms with E-state index in [4.69, 9.17) is 11.6 Å². The Morgan fingerprint density at radius 2 is 1.93 bits per heavy atom. The summed E-state index contributed by atoms with van der Waals surface area (Å²) in [5.74, 6) is -0.151. The average molecular weight is 431 g/mol. The van der Waals surface area contributed by atoms with Crippen molar-refractivity contribution in [1.29, 1.82) is 0 Å². The van der Waals surface area contributed by atoms with Gasteiger partial charge in [-0.1, -0.05) is 35.9 Å².